The maximum Gasteiger partial charge on any atom is 0.388 e. The minimum absolute atomic E-state index is 0.175. The van der Waals surface area contributed by atoms with Gasteiger partial charge in [0.25, 0.3) is 0 Å². The molecule has 0 saturated heterocycles. The molecule has 0 atom stereocenters. The first-order valence-corrected chi connectivity index (χ1v) is 11.0. The number of halogens is 2. The molecule has 1 aromatic carbocycles. The van der Waals surface area contributed by atoms with Crippen LogP contribution in [0.4, 0.5) is 20.3 Å². The van der Waals surface area contributed by atoms with Gasteiger partial charge in [-0.1, -0.05) is 18.2 Å². The maximum absolute atomic E-state index is 12.4. The molecule has 0 aliphatic carbocycles. The highest BCUT2D eigenvalue weighted by Gasteiger charge is 2.23. The highest BCUT2D eigenvalue weighted by molar-refractivity contribution is 7.92. The second kappa shape index (κ2) is 8.80. The van der Waals surface area contributed by atoms with Crippen molar-refractivity contribution in [2.75, 3.05) is 16.3 Å². The van der Waals surface area contributed by atoms with Gasteiger partial charge in [0, 0.05) is 17.3 Å². The van der Waals surface area contributed by atoms with Crippen LogP contribution in [0.2, 0.25) is 0 Å². The normalized spacial score (nSPS) is 11.9. The Morgan fingerprint density at radius 2 is 1.77 bits per heavy atom. The van der Waals surface area contributed by atoms with E-state index in [0.29, 0.717) is 28.5 Å². The van der Waals surface area contributed by atoms with Gasteiger partial charge in [0.05, 0.1) is 23.2 Å². The van der Waals surface area contributed by atoms with Gasteiger partial charge >= 0.3 is 6.61 Å². The van der Waals surface area contributed by atoms with Crippen molar-refractivity contribution < 1.29 is 21.9 Å². The van der Waals surface area contributed by atoms with Crippen LogP contribution in [0.5, 0.6) is 5.88 Å². The van der Waals surface area contributed by atoms with Crippen molar-refractivity contribution in [2.24, 2.45) is 0 Å². The summed E-state index contributed by atoms with van der Waals surface area (Å²) >= 11 is 0. The Morgan fingerprint density at radius 3 is 2.42 bits per heavy atom. The summed E-state index contributed by atoms with van der Waals surface area (Å²) in [5.74, 6) is 0.271. The van der Waals surface area contributed by atoms with Crippen LogP contribution in [-0.4, -0.2) is 36.5 Å². The van der Waals surface area contributed by atoms with Crippen LogP contribution in [-0.2, 0) is 15.6 Å². The summed E-state index contributed by atoms with van der Waals surface area (Å²) in [6, 6.07) is 14.8. The van der Waals surface area contributed by atoms with E-state index < -0.39 is 22.2 Å². The molecule has 0 aliphatic rings. The van der Waals surface area contributed by atoms with Crippen molar-refractivity contribution >= 4 is 21.5 Å². The number of aromatic nitrogens is 3. The maximum atomic E-state index is 12.4. The Hall–Kier alpha value is -3.34. The number of nitrogens with one attached hydrogen (secondary N) is 2. The summed E-state index contributed by atoms with van der Waals surface area (Å²) < 4.78 is 54.5. The Balaban J connectivity index is 1.77. The number of sulfonamides is 1. The second-order valence-electron chi connectivity index (χ2n) is 7.25. The molecule has 0 bridgehead atoms. The fourth-order valence-electron chi connectivity index (χ4n) is 2.81. The van der Waals surface area contributed by atoms with Crippen LogP contribution in [0.3, 0.4) is 0 Å². The first-order valence-electron chi connectivity index (χ1n) is 9.14. The molecule has 164 valence electrons. The lowest BCUT2D eigenvalue weighted by molar-refractivity contribution is -0.0530. The summed E-state index contributed by atoms with van der Waals surface area (Å²) in [5, 5.41) is 11.5. The van der Waals surface area contributed by atoms with E-state index in [2.05, 4.69) is 30.0 Å². The molecule has 0 saturated carbocycles. The van der Waals surface area contributed by atoms with Gasteiger partial charge in [-0.05, 0) is 44.2 Å². The van der Waals surface area contributed by atoms with Gasteiger partial charge in [0.2, 0.25) is 15.9 Å². The molecule has 0 radical (unpaired) electrons. The fraction of sp³-hybridized carbons (Fsp3) is 0.250. The van der Waals surface area contributed by atoms with Crippen LogP contribution < -0.4 is 14.8 Å². The highest BCUT2D eigenvalue weighted by Crippen LogP contribution is 2.26. The zero-order chi connectivity index (χ0) is 22.6. The number of pyridine rings is 1. The molecule has 11 heteroatoms. The predicted molar refractivity (Wildman–Crippen MR) is 113 cm³/mol. The molecule has 0 fully saturated rings. The van der Waals surface area contributed by atoms with E-state index in [1.54, 1.807) is 48.5 Å². The third kappa shape index (κ3) is 6.32. The van der Waals surface area contributed by atoms with Crippen molar-refractivity contribution in [3.8, 4) is 17.1 Å². The zero-order valence-electron chi connectivity index (χ0n) is 17.0. The Labute approximate surface area is 178 Å². The summed E-state index contributed by atoms with van der Waals surface area (Å²) in [5.41, 5.74) is 1.38. The molecule has 2 heterocycles. The van der Waals surface area contributed by atoms with Gasteiger partial charge in [0.15, 0.2) is 0 Å². The molecule has 31 heavy (non-hydrogen) atoms. The van der Waals surface area contributed by atoms with Gasteiger partial charge in [-0.15, -0.1) is 10.2 Å². The monoisotopic (exact) mass is 449 g/mol. The van der Waals surface area contributed by atoms with Crippen molar-refractivity contribution in [1.82, 2.24) is 15.2 Å². The molecular weight excluding hydrogens is 428 g/mol. The van der Waals surface area contributed by atoms with Crippen molar-refractivity contribution in [3.05, 3.63) is 60.3 Å². The van der Waals surface area contributed by atoms with E-state index in [1.807, 2.05) is 13.8 Å². The van der Waals surface area contributed by atoms with Crippen molar-refractivity contribution in [3.63, 3.8) is 0 Å². The SMILES string of the molecule is CC(C)(Nc1ccc(-c2cccc(NS(C)(=O)=O)c2)nn1)c1cccc(OC(F)F)n1. The number of rotatable bonds is 8. The van der Waals surface area contributed by atoms with Crippen LogP contribution >= 0.6 is 0 Å². The summed E-state index contributed by atoms with van der Waals surface area (Å²) in [6.07, 6.45) is 1.08. The van der Waals surface area contributed by atoms with Crippen LogP contribution in [0.15, 0.2) is 54.6 Å². The lowest BCUT2D eigenvalue weighted by Crippen LogP contribution is -2.30. The van der Waals surface area contributed by atoms with E-state index >= 15 is 0 Å². The molecule has 0 spiro atoms. The smallest absolute Gasteiger partial charge is 0.388 e. The average molecular weight is 449 g/mol. The van der Waals surface area contributed by atoms with E-state index in [-0.39, 0.29) is 5.88 Å². The number of hydrogen-bond acceptors (Lipinski definition) is 7. The zero-order valence-corrected chi connectivity index (χ0v) is 17.8. The number of ether oxygens (including phenoxy) is 1. The first-order chi connectivity index (χ1) is 14.5. The van der Waals surface area contributed by atoms with Gasteiger partial charge in [-0.3, -0.25) is 4.72 Å². The largest absolute Gasteiger partial charge is 0.417 e. The molecule has 2 N–H and O–H groups in total. The number of nitrogens with zero attached hydrogens (tertiary/aromatic N) is 3. The third-order valence-corrected chi connectivity index (χ3v) is 4.75. The number of hydrogen-bond donors (Lipinski definition) is 2. The summed E-state index contributed by atoms with van der Waals surface area (Å²) in [6.45, 7) is 0.679. The average Bonchev–Trinajstić information content (AvgIpc) is 2.67. The second-order valence-corrected chi connectivity index (χ2v) is 9.00. The summed E-state index contributed by atoms with van der Waals surface area (Å²) in [7, 11) is -3.39. The first kappa shape index (κ1) is 22.3. The molecule has 2 aromatic heterocycles. The molecule has 0 unspecified atom stereocenters. The van der Waals surface area contributed by atoms with Crippen molar-refractivity contribution in [2.45, 2.75) is 26.0 Å². The Bertz CT molecular complexity index is 1160. The topological polar surface area (TPSA) is 106 Å². The number of alkyl halides is 2. The lowest BCUT2D eigenvalue weighted by atomic mass is 10.00. The van der Waals surface area contributed by atoms with E-state index in [4.69, 9.17) is 0 Å². The van der Waals surface area contributed by atoms with Crippen LogP contribution in [0, 0.1) is 0 Å². The lowest BCUT2D eigenvalue weighted by Gasteiger charge is -2.26. The third-order valence-electron chi connectivity index (χ3n) is 4.14. The molecule has 8 nitrogen and oxygen atoms in total. The Kier molecular flexibility index (Phi) is 6.34. The van der Waals surface area contributed by atoms with Gasteiger partial charge in [0.1, 0.15) is 5.82 Å². The molecule has 3 rings (SSSR count). The van der Waals surface area contributed by atoms with Crippen LogP contribution in [0.1, 0.15) is 19.5 Å². The Morgan fingerprint density at radius 1 is 1.03 bits per heavy atom. The molecule has 0 aliphatic heterocycles. The predicted octanol–water partition coefficient (Wildman–Crippen LogP) is 3.86. The fourth-order valence-corrected chi connectivity index (χ4v) is 3.37. The van der Waals surface area contributed by atoms with Crippen LogP contribution in [0.25, 0.3) is 11.3 Å². The van der Waals surface area contributed by atoms with Crippen molar-refractivity contribution in [1.29, 1.82) is 0 Å². The van der Waals surface area contributed by atoms with E-state index in [9.17, 15) is 17.2 Å². The standard InChI is InChI=1S/C20H21F2N5O3S/c1-20(2,16-8-5-9-18(23-16)30-19(21)22)24-17-11-10-15(25-26-17)13-6-4-7-14(12-13)27-31(3,28)29/h4-12,19,27H,1-3H3,(H,24,26). The minimum atomic E-state index is -3.39. The number of anilines is 2. The summed E-state index contributed by atoms with van der Waals surface area (Å²) in [4.78, 5) is 4.12. The van der Waals surface area contributed by atoms with Gasteiger partial charge < -0.3 is 10.1 Å². The number of benzene rings is 1. The minimum Gasteiger partial charge on any atom is -0.417 e. The molecule has 3 aromatic rings. The molecule has 0 amide bonds. The van der Waals surface area contributed by atoms with E-state index in [0.717, 1.165) is 6.26 Å². The highest BCUT2D eigenvalue weighted by atomic mass is 32.2. The van der Waals surface area contributed by atoms with Gasteiger partial charge in [-0.2, -0.15) is 8.78 Å². The molecular formula is C20H21F2N5O3S. The quantitative estimate of drug-likeness (QED) is 0.538. The van der Waals surface area contributed by atoms with Gasteiger partial charge in [-0.25, -0.2) is 13.4 Å². The van der Waals surface area contributed by atoms with E-state index in [1.165, 1.54) is 6.07 Å².